The van der Waals surface area contributed by atoms with Crippen molar-refractivity contribution in [2.75, 3.05) is 12.4 Å². The second-order valence-electron chi connectivity index (χ2n) is 6.79. The third-order valence-electron chi connectivity index (χ3n) is 4.86. The second kappa shape index (κ2) is 7.79. The minimum Gasteiger partial charge on any atom is -0.495 e. The largest absolute Gasteiger partial charge is 0.495 e. The molecule has 2 aromatic heterocycles. The highest BCUT2D eigenvalue weighted by Crippen LogP contribution is 2.32. The van der Waals surface area contributed by atoms with Gasteiger partial charge in [0.2, 0.25) is 0 Å². The number of methoxy groups -OCH3 is 1. The van der Waals surface area contributed by atoms with Gasteiger partial charge in [0.1, 0.15) is 11.3 Å². The molecule has 0 aliphatic heterocycles. The van der Waals surface area contributed by atoms with E-state index in [4.69, 9.17) is 4.74 Å². The maximum absolute atomic E-state index is 13.2. The molecule has 7 nitrogen and oxygen atoms in total. The van der Waals surface area contributed by atoms with E-state index >= 15 is 0 Å². The number of H-pyrrole nitrogens is 1. The third kappa shape index (κ3) is 3.29. The van der Waals surface area contributed by atoms with Gasteiger partial charge in [-0.05, 0) is 47.5 Å². The first-order valence-corrected chi connectivity index (χ1v) is 10.0. The second-order valence-corrected chi connectivity index (χ2v) is 7.58. The Bertz CT molecular complexity index is 1330. The zero-order valence-corrected chi connectivity index (χ0v) is 18.2. The summed E-state index contributed by atoms with van der Waals surface area (Å²) in [5, 5.41) is 5.81. The van der Waals surface area contributed by atoms with Crippen LogP contribution in [0.25, 0.3) is 16.8 Å². The van der Waals surface area contributed by atoms with E-state index in [0.29, 0.717) is 27.3 Å². The van der Waals surface area contributed by atoms with E-state index in [2.05, 4.69) is 31.3 Å². The number of carbonyl (C=O) groups is 1. The molecule has 4 rings (SSSR count). The average Bonchev–Trinajstić information content (AvgIpc) is 3.06. The zero-order valence-electron chi connectivity index (χ0n) is 16.6. The van der Waals surface area contributed by atoms with E-state index in [0.717, 1.165) is 16.8 Å². The van der Waals surface area contributed by atoms with Crippen LogP contribution in [0, 0.1) is 13.8 Å². The fourth-order valence-electron chi connectivity index (χ4n) is 3.45. The number of amides is 1. The number of aryl methyl sites for hydroxylation is 2. The van der Waals surface area contributed by atoms with E-state index in [9.17, 15) is 9.59 Å². The molecule has 0 unspecified atom stereocenters. The summed E-state index contributed by atoms with van der Waals surface area (Å²) in [7, 11) is 1.54. The first kappa shape index (κ1) is 19.9. The molecule has 2 aromatic carbocycles. The van der Waals surface area contributed by atoms with Gasteiger partial charge in [-0.15, -0.1) is 0 Å². The molecule has 0 saturated heterocycles. The molecule has 0 spiro atoms. The van der Waals surface area contributed by atoms with Crippen molar-refractivity contribution in [3.8, 4) is 16.9 Å². The standard InChI is InChI=1S/C22H19BrN4O3/c1-12-18(21(28)25-15-10-7-11-16(30-3)19(15)23)22(29)27-20(24-12)17(13(2)26-27)14-8-5-4-6-9-14/h4-11,26H,1-3H3,(H,25,28). The summed E-state index contributed by atoms with van der Waals surface area (Å²) >= 11 is 3.41. The number of aromatic nitrogens is 3. The summed E-state index contributed by atoms with van der Waals surface area (Å²) in [6, 6.07) is 14.9. The highest BCUT2D eigenvalue weighted by molar-refractivity contribution is 9.10. The summed E-state index contributed by atoms with van der Waals surface area (Å²) in [5.74, 6) is 0.0317. The lowest BCUT2D eigenvalue weighted by atomic mass is 10.1. The Balaban J connectivity index is 1.82. The topological polar surface area (TPSA) is 88.5 Å². The van der Waals surface area contributed by atoms with Crippen LogP contribution in [-0.4, -0.2) is 27.6 Å². The number of benzene rings is 2. The maximum atomic E-state index is 13.2. The van der Waals surface area contributed by atoms with Gasteiger partial charge in [0.05, 0.1) is 23.0 Å². The number of nitrogens with zero attached hydrogens (tertiary/aromatic N) is 2. The van der Waals surface area contributed by atoms with Gasteiger partial charge < -0.3 is 10.1 Å². The molecule has 1 amide bonds. The summed E-state index contributed by atoms with van der Waals surface area (Å²) in [6.07, 6.45) is 0. The van der Waals surface area contributed by atoms with E-state index in [1.807, 2.05) is 37.3 Å². The van der Waals surface area contributed by atoms with Crippen molar-refractivity contribution in [2.24, 2.45) is 0 Å². The van der Waals surface area contributed by atoms with E-state index in [1.54, 1.807) is 25.1 Å². The van der Waals surface area contributed by atoms with Gasteiger partial charge in [0, 0.05) is 11.3 Å². The van der Waals surface area contributed by atoms with Crippen molar-refractivity contribution in [2.45, 2.75) is 13.8 Å². The molecule has 0 aliphatic rings. The molecule has 8 heteroatoms. The molecule has 0 bridgehead atoms. The molecule has 152 valence electrons. The Morgan fingerprint density at radius 3 is 2.57 bits per heavy atom. The normalized spacial score (nSPS) is 10.9. The number of rotatable bonds is 4. The summed E-state index contributed by atoms with van der Waals surface area (Å²) in [6.45, 7) is 3.53. The minimum atomic E-state index is -0.540. The number of aromatic amines is 1. The molecule has 0 aliphatic carbocycles. The van der Waals surface area contributed by atoms with Crippen molar-refractivity contribution in [3.63, 3.8) is 0 Å². The van der Waals surface area contributed by atoms with Crippen LogP contribution in [0.15, 0.2) is 57.8 Å². The van der Waals surface area contributed by atoms with Crippen LogP contribution in [0.4, 0.5) is 5.69 Å². The molecular weight excluding hydrogens is 448 g/mol. The molecule has 0 radical (unpaired) electrons. The highest BCUT2D eigenvalue weighted by Gasteiger charge is 2.22. The van der Waals surface area contributed by atoms with E-state index in [1.165, 1.54) is 11.6 Å². The Morgan fingerprint density at radius 2 is 1.87 bits per heavy atom. The molecule has 2 N–H and O–H groups in total. The summed E-state index contributed by atoms with van der Waals surface area (Å²) in [5.41, 5.74) is 3.42. The molecule has 0 saturated carbocycles. The third-order valence-corrected chi connectivity index (χ3v) is 5.68. The van der Waals surface area contributed by atoms with E-state index < -0.39 is 11.5 Å². The fourth-order valence-corrected chi connectivity index (χ4v) is 3.98. The molecule has 4 aromatic rings. The van der Waals surface area contributed by atoms with Crippen LogP contribution < -0.4 is 15.6 Å². The van der Waals surface area contributed by atoms with Crippen molar-refractivity contribution >= 4 is 33.2 Å². The number of fused-ring (bicyclic) bond motifs is 1. The number of nitrogens with one attached hydrogen (secondary N) is 2. The van der Waals surface area contributed by atoms with Crippen LogP contribution in [0.2, 0.25) is 0 Å². The number of hydrogen-bond acceptors (Lipinski definition) is 4. The Labute approximate surface area is 180 Å². The number of anilines is 1. The summed E-state index contributed by atoms with van der Waals surface area (Å²) in [4.78, 5) is 30.7. The van der Waals surface area contributed by atoms with Gasteiger partial charge in [0.15, 0.2) is 5.65 Å². The van der Waals surface area contributed by atoms with Crippen molar-refractivity contribution < 1.29 is 9.53 Å². The van der Waals surface area contributed by atoms with Crippen LogP contribution in [-0.2, 0) is 0 Å². The lowest BCUT2D eigenvalue weighted by Gasteiger charge is -2.11. The monoisotopic (exact) mass is 466 g/mol. The Kier molecular flexibility index (Phi) is 5.17. The van der Waals surface area contributed by atoms with Gasteiger partial charge in [0.25, 0.3) is 11.5 Å². The van der Waals surface area contributed by atoms with Crippen molar-refractivity contribution in [1.82, 2.24) is 14.6 Å². The predicted molar refractivity (Wildman–Crippen MR) is 119 cm³/mol. The van der Waals surface area contributed by atoms with Gasteiger partial charge in [-0.1, -0.05) is 36.4 Å². The molecule has 0 atom stereocenters. The highest BCUT2D eigenvalue weighted by atomic mass is 79.9. The maximum Gasteiger partial charge on any atom is 0.285 e. The quantitative estimate of drug-likeness (QED) is 0.468. The number of ether oxygens (including phenoxy) is 1. The van der Waals surface area contributed by atoms with Gasteiger partial charge >= 0.3 is 0 Å². The van der Waals surface area contributed by atoms with Crippen molar-refractivity contribution in [3.05, 3.63) is 80.3 Å². The minimum absolute atomic E-state index is 0.0249. The van der Waals surface area contributed by atoms with Gasteiger partial charge in [-0.2, -0.15) is 0 Å². The SMILES string of the molecule is COc1cccc(NC(=O)c2c(C)nc3c(-c4ccccc4)c(C)[nH]n3c2=O)c1Br. The smallest absolute Gasteiger partial charge is 0.285 e. The van der Waals surface area contributed by atoms with Crippen molar-refractivity contribution in [1.29, 1.82) is 0 Å². The molecule has 2 heterocycles. The fraction of sp³-hybridized carbons (Fsp3) is 0.136. The first-order chi connectivity index (χ1) is 14.4. The van der Waals surface area contributed by atoms with E-state index in [-0.39, 0.29) is 5.56 Å². The van der Waals surface area contributed by atoms with Crippen LogP contribution in [0.1, 0.15) is 21.7 Å². The molecule has 0 fully saturated rings. The first-order valence-electron chi connectivity index (χ1n) is 9.23. The Morgan fingerprint density at radius 1 is 1.13 bits per heavy atom. The lowest BCUT2D eigenvalue weighted by molar-refractivity contribution is 0.102. The predicted octanol–water partition coefficient (Wildman–Crippen LogP) is 4.33. The van der Waals surface area contributed by atoms with Crippen LogP contribution >= 0.6 is 15.9 Å². The number of carbonyl (C=O) groups excluding carboxylic acids is 1. The Hall–Kier alpha value is -3.39. The zero-order chi connectivity index (χ0) is 21.4. The number of hydrogen-bond donors (Lipinski definition) is 2. The van der Waals surface area contributed by atoms with Crippen LogP contribution in [0.3, 0.4) is 0 Å². The summed E-state index contributed by atoms with van der Waals surface area (Å²) < 4.78 is 7.17. The number of halogens is 1. The lowest BCUT2D eigenvalue weighted by Crippen LogP contribution is -2.29. The van der Waals surface area contributed by atoms with Crippen LogP contribution in [0.5, 0.6) is 5.75 Å². The average molecular weight is 467 g/mol. The molecular formula is C22H19BrN4O3. The molecule has 30 heavy (non-hydrogen) atoms. The van der Waals surface area contributed by atoms with Gasteiger partial charge in [-0.3, -0.25) is 14.7 Å². The van der Waals surface area contributed by atoms with Gasteiger partial charge in [-0.25, -0.2) is 9.50 Å².